The standard InChI is InChI=1S/C11H17NO3.C2H4O2/c1-7(2)12-6-11(15)8-3-4-9(13)10(14)5-8;1-2(3)4/h3-5,7,11-15H,6H2,1-2H3;1H3,(H,3,4)/t11-;/m1./s1. The maximum atomic E-state index is 9.73. The van der Waals surface area contributed by atoms with Crippen molar-refractivity contribution in [2.45, 2.75) is 32.9 Å². The lowest BCUT2D eigenvalue weighted by Gasteiger charge is -2.14. The van der Waals surface area contributed by atoms with Crippen molar-refractivity contribution in [3.8, 4) is 11.5 Å². The van der Waals surface area contributed by atoms with Crippen LogP contribution in [0.15, 0.2) is 18.2 Å². The number of aliphatic hydroxyl groups excluding tert-OH is 1. The SMILES string of the molecule is CC(=O)O.CC(C)NC[C@@H](O)c1ccc(O)c(O)c1. The molecule has 19 heavy (non-hydrogen) atoms. The molecule has 0 saturated heterocycles. The van der Waals surface area contributed by atoms with Gasteiger partial charge in [0.25, 0.3) is 5.97 Å². The van der Waals surface area contributed by atoms with Crippen LogP contribution >= 0.6 is 0 Å². The van der Waals surface area contributed by atoms with Gasteiger partial charge in [-0.2, -0.15) is 0 Å². The molecule has 1 rings (SSSR count). The summed E-state index contributed by atoms with van der Waals surface area (Å²) in [6, 6.07) is 4.61. The molecular formula is C13H21NO5. The zero-order valence-electron chi connectivity index (χ0n) is 11.3. The third kappa shape index (κ3) is 8.01. The highest BCUT2D eigenvalue weighted by atomic mass is 16.4. The van der Waals surface area contributed by atoms with E-state index >= 15 is 0 Å². The lowest BCUT2D eigenvalue weighted by atomic mass is 10.1. The average Bonchev–Trinajstić information content (AvgIpc) is 2.28. The van der Waals surface area contributed by atoms with Crippen LogP contribution in [0.2, 0.25) is 0 Å². The summed E-state index contributed by atoms with van der Waals surface area (Å²) in [7, 11) is 0. The van der Waals surface area contributed by atoms with Gasteiger partial charge in [0, 0.05) is 19.5 Å². The Morgan fingerprint density at radius 2 is 1.79 bits per heavy atom. The summed E-state index contributed by atoms with van der Waals surface area (Å²) < 4.78 is 0. The Labute approximate surface area is 112 Å². The number of carboxylic acids is 1. The smallest absolute Gasteiger partial charge is 0.300 e. The molecule has 1 atom stereocenters. The van der Waals surface area contributed by atoms with Gasteiger partial charge in [-0.15, -0.1) is 0 Å². The summed E-state index contributed by atoms with van der Waals surface area (Å²) in [5.41, 5.74) is 0.582. The average molecular weight is 271 g/mol. The Kier molecular flexibility index (Phi) is 7.55. The van der Waals surface area contributed by atoms with Gasteiger partial charge in [-0.25, -0.2) is 0 Å². The Morgan fingerprint density at radius 1 is 1.26 bits per heavy atom. The van der Waals surface area contributed by atoms with E-state index in [1.165, 1.54) is 12.1 Å². The van der Waals surface area contributed by atoms with Crippen molar-refractivity contribution in [3.05, 3.63) is 23.8 Å². The van der Waals surface area contributed by atoms with E-state index in [0.717, 1.165) is 6.92 Å². The molecular weight excluding hydrogens is 250 g/mol. The molecule has 0 aliphatic heterocycles. The van der Waals surface area contributed by atoms with Crippen LogP contribution in [0.4, 0.5) is 0 Å². The van der Waals surface area contributed by atoms with Crippen molar-refractivity contribution in [2.75, 3.05) is 6.54 Å². The first-order chi connectivity index (χ1) is 8.73. The number of benzene rings is 1. The van der Waals surface area contributed by atoms with Crippen LogP contribution in [0.5, 0.6) is 11.5 Å². The van der Waals surface area contributed by atoms with Crippen LogP contribution in [-0.2, 0) is 4.79 Å². The highest BCUT2D eigenvalue weighted by Gasteiger charge is 2.10. The number of rotatable bonds is 4. The molecule has 0 heterocycles. The maximum Gasteiger partial charge on any atom is 0.300 e. The monoisotopic (exact) mass is 271 g/mol. The molecule has 0 saturated carbocycles. The molecule has 0 aromatic heterocycles. The van der Waals surface area contributed by atoms with Crippen molar-refractivity contribution in [1.29, 1.82) is 0 Å². The maximum absolute atomic E-state index is 9.73. The van der Waals surface area contributed by atoms with E-state index in [4.69, 9.17) is 15.0 Å². The van der Waals surface area contributed by atoms with Crippen LogP contribution < -0.4 is 5.32 Å². The Morgan fingerprint density at radius 3 is 2.21 bits per heavy atom. The summed E-state index contributed by atoms with van der Waals surface area (Å²) in [4.78, 5) is 9.00. The molecule has 0 aliphatic carbocycles. The topological polar surface area (TPSA) is 110 Å². The fourth-order valence-electron chi connectivity index (χ4n) is 1.21. The van der Waals surface area contributed by atoms with E-state index in [0.29, 0.717) is 18.2 Å². The molecule has 1 aromatic carbocycles. The fourth-order valence-corrected chi connectivity index (χ4v) is 1.21. The summed E-state index contributed by atoms with van der Waals surface area (Å²) >= 11 is 0. The molecule has 5 N–H and O–H groups in total. The molecule has 6 nitrogen and oxygen atoms in total. The molecule has 108 valence electrons. The second-order valence-corrected chi connectivity index (χ2v) is 4.35. The number of aromatic hydroxyl groups is 2. The Balaban J connectivity index is 0.000000711. The molecule has 0 bridgehead atoms. The number of carbonyl (C=O) groups is 1. The lowest BCUT2D eigenvalue weighted by molar-refractivity contribution is -0.134. The van der Waals surface area contributed by atoms with Crippen LogP contribution in [0, 0.1) is 0 Å². The quantitative estimate of drug-likeness (QED) is 0.527. The van der Waals surface area contributed by atoms with Gasteiger partial charge in [-0.05, 0) is 17.7 Å². The first-order valence-corrected chi connectivity index (χ1v) is 5.87. The largest absolute Gasteiger partial charge is 0.504 e. The number of aliphatic hydroxyl groups is 1. The van der Waals surface area contributed by atoms with Crippen molar-refractivity contribution in [1.82, 2.24) is 5.32 Å². The van der Waals surface area contributed by atoms with Gasteiger partial charge in [0.15, 0.2) is 11.5 Å². The number of hydrogen-bond donors (Lipinski definition) is 5. The fraction of sp³-hybridized carbons (Fsp3) is 0.462. The van der Waals surface area contributed by atoms with Crippen LogP contribution in [0.3, 0.4) is 0 Å². The molecule has 0 aliphatic rings. The number of phenols is 2. The Bertz CT molecular complexity index is 402. The lowest BCUT2D eigenvalue weighted by Crippen LogP contribution is -2.27. The zero-order chi connectivity index (χ0) is 15.0. The van der Waals surface area contributed by atoms with E-state index in [1.807, 2.05) is 13.8 Å². The van der Waals surface area contributed by atoms with Gasteiger partial charge < -0.3 is 25.7 Å². The van der Waals surface area contributed by atoms with E-state index < -0.39 is 12.1 Å². The van der Waals surface area contributed by atoms with Gasteiger partial charge in [-0.3, -0.25) is 4.79 Å². The first kappa shape index (κ1) is 17.2. The minimum Gasteiger partial charge on any atom is -0.504 e. The van der Waals surface area contributed by atoms with E-state index in [2.05, 4.69) is 5.32 Å². The molecule has 0 unspecified atom stereocenters. The van der Waals surface area contributed by atoms with Crippen molar-refractivity contribution >= 4 is 5.97 Å². The zero-order valence-corrected chi connectivity index (χ0v) is 11.3. The number of aliphatic carboxylic acids is 1. The summed E-state index contributed by atoms with van der Waals surface area (Å²) in [6.07, 6.45) is -0.682. The minimum absolute atomic E-state index is 0.178. The molecule has 0 spiro atoms. The molecule has 0 amide bonds. The van der Waals surface area contributed by atoms with Crippen LogP contribution in [0.1, 0.15) is 32.4 Å². The van der Waals surface area contributed by atoms with Crippen LogP contribution in [0.25, 0.3) is 0 Å². The minimum atomic E-state index is -0.833. The third-order valence-electron chi connectivity index (χ3n) is 2.10. The van der Waals surface area contributed by atoms with Gasteiger partial charge in [-0.1, -0.05) is 19.9 Å². The summed E-state index contributed by atoms with van der Waals surface area (Å²) in [5, 5.41) is 38.6. The normalized spacial score (nSPS) is 11.6. The summed E-state index contributed by atoms with van der Waals surface area (Å²) in [5.74, 6) is -1.22. The number of nitrogens with one attached hydrogen (secondary N) is 1. The van der Waals surface area contributed by atoms with Gasteiger partial charge >= 0.3 is 0 Å². The number of phenolic OH excluding ortho intramolecular Hbond substituents is 2. The van der Waals surface area contributed by atoms with Gasteiger partial charge in [0.05, 0.1) is 6.10 Å². The van der Waals surface area contributed by atoms with Crippen molar-refractivity contribution < 1.29 is 25.2 Å². The number of carboxylic acid groups (broad SMARTS) is 1. The van der Waals surface area contributed by atoms with E-state index in [1.54, 1.807) is 6.07 Å². The van der Waals surface area contributed by atoms with Crippen molar-refractivity contribution in [2.24, 2.45) is 0 Å². The van der Waals surface area contributed by atoms with Gasteiger partial charge in [0.1, 0.15) is 0 Å². The number of hydrogen-bond acceptors (Lipinski definition) is 5. The highest BCUT2D eigenvalue weighted by molar-refractivity contribution is 5.62. The van der Waals surface area contributed by atoms with Crippen LogP contribution in [-0.4, -0.2) is 39.0 Å². The third-order valence-corrected chi connectivity index (χ3v) is 2.10. The molecule has 0 fully saturated rings. The first-order valence-electron chi connectivity index (χ1n) is 5.87. The second-order valence-electron chi connectivity index (χ2n) is 4.35. The van der Waals surface area contributed by atoms with Crippen molar-refractivity contribution in [3.63, 3.8) is 0 Å². The van der Waals surface area contributed by atoms with Gasteiger partial charge in [0.2, 0.25) is 0 Å². The van der Waals surface area contributed by atoms with E-state index in [9.17, 15) is 10.2 Å². The Hall–Kier alpha value is -1.79. The highest BCUT2D eigenvalue weighted by Crippen LogP contribution is 2.27. The molecule has 1 aromatic rings. The summed E-state index contributed by atoms with van der Waals surface area (Å²) in [6.45, 7) is 5.48. The second kappa shape index (κ2) is 8.34. The molecule has 6 heteroatoms. The predicted octanol–water partition coefficient (Wildman–Crippen LogP) is 1.22. The predicted molar refractivity (Wildman–Crippen MR) is 71.2 cm³/mol. The molecule has 0 radical (unpaired) electrons. The van der Waals surface area contributed by atoms with E-state index in [-0.39, 0.29) is 11.5 Å².